The Balaban J connectivity index is 1.19. The van der Waals surface area contributed by atoms with Gasteiger partial charge >= 0.3 is 0 Å². The Labute approximate surface area is 176 Å². The van der Waals surface area contributed by atoms with Crippen LogP contribution in [-0.2, 0) is 9.59 Å². The molecule has 2 aromatic carbocycles. The number of nitrogens with zero attached hydrogens (tertiary/aromatic N) is 1. The molecule has 5 nitrogen and oxygen atoms in total. The summed E-state index contributed by atoms with van der Waals surface area (Å²) >= 11 is 6.26. The number of halogens is 1. The Kier molecular flexibility index (Phi) is 6.16. The van der Waals surface area contributed by atoms with Gasteiger partial charge < -0.3 is 10.6 Å². The van der Waals surface area contributed by atoms with Crippen molar-refractivity contribution >= 4 is 29.1 Å². The molecule has 0 radical (unpaired) electrons. The lowest BCUT2D eigenvalue weighted by Gasteiger charge is -2.32. The molecule has 1 aliphatic heterocycles. The highest BCUT2D eigenvalue weighted by atomic mass is 35.5. The number of anilines is 1. The summed E-state index contributed by atoms with van der Waals surface area (Å²) in [6, 6.07) is 17.5. The van der Waals surface area contributed by atoms with Gasteiger partial charge in [-0.3, -0.25) is 14.5 Å². The Hall–Kier alpha value is -2.37. The van der Waals surface area contributed by atoms with E-state index in [9.17, 15) is 9.59 Å². The third-order valence-corrected chi connectivity index (χ3v) is 6.13. The highest BCUT2D eigenvalue weighted by Crippen LogP contribution is 2.49. The van der Waals surface area contributed by atoms with E-state index in [0.717, 1.165) is 48.6 Å². The predicted octanol–water partition coefficient (Wildman–Crippen LogP) is 3.66. The maximum Gasteiger partial charge on any atom is 0.238 e. The minimum Gasteiger partial charge on any atom is -0.353 e. The molecule has 2 fully saturated rings. The van der Waals surface area contributed by atoms with Crippen LogP contribution in [0, 0.1) is 5.92 Å². The van der Waals surface area contributed by atoms with Gasteiger partial charge in [-0.1, -0.05) is 48.0 Å². The van der Waals surface area contributed by atoms with Crippen LogP contribution in [-0.4, -0.2) is 42.4 Å². The predicted molar refractivity (Wildman–Crippen MR) is 115 cm³/mol. The number of nitrogens with one attached hydrogen (secondary N) is 2. The molecule has 152 valence electrons. The molecule has 1 aliphatic carbocycles. The summed E-state index contributed by atoms with van der Waals surface area (Å²) in [7, 11) is 0. The van der Waals surface area contributed by atoms with Crippen LogP contribution >= 0.6 is 11.6 Å². The molecule has 1 saturated carbocycles. The largest absolute Gasteiger partial charge is 0.353 e. The van der Waals surface area contributed by atoms with Crippen molar-refractivity contribution in [3.63, 3.8) is 0 Å². The molecule has 2 atom stereocenters. The van der Waals surface area contributed by atoms with Gasteiger partial charge in [0.25, 0.3) is 0 Å². The number of hydrogen-bond donors (Lipinski definition) is 2. The zero-order valence-corrected chi connectivity index (χ0v) is 17.1. The molecule has 6 heteroatoms. The Bertz CT molecular complexity index is 865. The number of hydrogen-bond acceptors (Lipinski definition) is 3. The molecular weight excluding hydrogens is 386 g/mol. The van der Waals surface area contributed by atoms with Gasteiger partial charge in [0.05, 0.1) is 6.54 Å². The SMILES string of the molecule is O=C(CN1CCC(NC(=O)[C@H]2C[C@@H]2c2ccccc2Cl)CC1)Nc1ccccc1. The number of carbonyl (C=O) groups excluding carboxylic acids is 2. The van der Waals surface area contributed by atoms with Gasteiger partial charge in [0, 0.05) is 35.8 Å². The van der Waals surface area contributed by atoms with E-state index in [1.807, 2.05) is 54.6 Å². The third-order valence-electron chi connectivity index (χ3n) is 5.79. The van der Waals surface area contributed by atoms with E-state index in [1.54, 1.807) is 0 Å². The zero-order valence-electron chi connectivity index (χ0n) is 16.3. The van der Waals surface area contributed by atoms with Gasteiger partial charge in [0.15, 0.2) is 0 Å². The summed E-state index contributed by atoms with van der Waals surface area (Å²) in [5, 5.41) is 6.87. The van der Waals surface area contributed by atoms with Crippen molar-refractivity contribution in [3.8, 4) is 0 Å². The monoisotopic (exact) mass is 411 g/mol. The highest BCUT2D eigenvalue weighted by molar-refractivity contribution is 6.31. The van der Waals surface area contributed by atoms with E-state index in [4.69, 9.17) is 11.6 Å². The molecule has 4 rings (SSSR count). The Morgan fingerprint density at radius 3 is 2.41 bits per heavy atom. The van der Waals surface area contributed by atoms with Crippen LogP contribution in [0.5, 0.6) is 0 Å². The number of carbonyl (C=O) groups is 2. The number of piperidine rings is 1. The van der Waals surface area contributed by atoms with E-state index in [0.29, 0.717) is 6.54 Å². The summed E-state index contributed by atoms with van der Waals surface area (Å²) in [5.41, 5.74) is 1.89. The normalized spacial score (nSPS) is 22.1. The number of para-hydroxylation sites is 1. The average Bonchev–Trinajstić information content (AvgIpc) is 3.51. The van der Waals surface area contributed by atoms with Gasteiger partial charge in [0.1, 0.15) is 0 Å². The molecule has 2 N–H and O–H groups in total. The Morgan fingerprint density at radius 2 is 1.69 bits per heavy atom. The van der Waals surface area contributed by atoms with Gasteiger partial charge in [0.2, 0.25) is 11.8 Å². The molecule has 29 heavy (non-hydrogen) atoms. The second-order valence-electron chi connectivity index (χ2n) is 7.94. The summed E-state index contributed by atoms with van der Waals surface area (Å²) < 4.78 is 0. The molecule has 0 spiro atoms. The van der Waals surface area contributed by atoms with Crippen LogP contribution in [0.15, 0.2) is 54.6 Å². The molecule has 1 heterocycles. The smallest absolute Gasteiger partial charge is 0.238 e. The van der Waals surface area contributed by atoms with Crippen molar-refractivity contribution in [1.82, 2.24) is 10.2 Å². The first kappa shape index (κ1) is 19.9. The van der Waals surface area contributed by atoms with Crippen LogP contribution in [0.3, 0.4) is 0 Å². The molecule has 0 aromatic heterocycles. The highest BCUT2D eigenvalue weighted by Gasteiger charge is 2.45. The molecule has 1 saturated heterocycles. The van der Waals surface area contributed by atoms with E-state index < -0.39 is 0 Å². The lowest BCUT2D eigenvalue weighted by molar-refractivity contribution is -0.124. The standard InChI is InChI=1S/C23H26ClN3O2/c24-21-9-5-4-8-18(21)19-14-20(19)23(29)26-17-10-12-27(13-11-17)15-22(28)25-16-6-2-1-3-7-16/h1-9,17,19-20H,10-15H2,(H,25,28)(H,26,29)/t19-,20+/m1/s1. The van der Waals surface area contributed by atoms with Crippen molar-refractivity contribution in [2.24, 2.45) is 5.92 Å². The van der Waals surface area contributed by atoms with Crippen molar-refractivity contribution in [1.29, 1.82) is 0 Å². The molecule has 0 unspecified atom stereocenters. The molecule has 2 aliphatic rings. The maximum absolute atomic E-state index is 12.6. The van der Waals surface area contributed by atoms with Crippen molar-refractivity contribution < 1.29 is 9.59 Å². The number of benzene rings is 2. The number of likely N-dealkylation sites (tertiary alicyclic amines) is 1. The first-order chi connectivity index (χ1) is 14.1. The minimum absolute atomic E-state index is 0.000697. The molecular formula is C23H26ClN3O2. The lowest BCUT2D eigenvalue weighted by atomic mass is 10.0. The van der Waals surface area contributed by atoms with Gasteiger partial charge in [-0.25, -0.2) is 0 Å². The van der Waals surface area contributed by atoms with E-state index in [2.05, 4.69) is 15.5 Å². The minimum atomic E-state index is -0.000697. The fourth-order valence-corrected chi connectivity index (χ4v) is 4.35. The second-order valence-corrected chi connectivity index (χ2v) is 8.35. The van der Waals surface area contributed by atoms with Crippen LogP contribution in [0.1, 0.15) is 30.7 Å². The summed E-state index contributed by atoms with van der Waals surface area (Å²) in [4.78, 5) is 26.9. The summed E-state index contributed by atoms with van der Waals surface area (Å²) in [5.74, 6) is 0.407. The first-order valence-electron chi connectivity index (χ1n) is 10.2. The summed E-state index contributed by atoms with van der Waals surface area (Å²) in [6.45, 7) is 2.00. The van der Waals surface area contributed by atoms with Gasteiger partial charge in [-0.2, -0.15) is 0 Å². The van der Waals surface area contributed by atoms with Crippen molar-refractivity contribution in [2.45, 2.75) is 31.2 Å². The van der Waals surface area contributed by atoms with Crippen LogP contribution < -0.4 is 10.6 Å². The zero-order chi connectivity index (χ0) is 20.2. The van der Waals surface area contributed by atoms with Crippen LogP contribution in [0.4, 0.5) is 5.69 Å². The fourth-order valence-electron chi connectivity index (χ4n) is 4.07. The van der Waals surface area contributed by atoms with E-state index in [-0.39, 0.29) is 29.7 Å². The van der Waals surface area contributed by atoms with Crippen LogP contribution in [0.25, 0.3) is 0 Å². The third kappa shape index (κ3) is 5.17. The van der Waals surface area contributed by atoms with Gasteiger partial charge in [-0.05, 0) is 48.9 Å². The van der Waals surface area contributed by atoms with Crippen molar-refractivity contribution in [3.05, 3.63) is 65.2 Å². The van der Waals surface area contributed by atoms with Crippen molar-refractivity contribution in [2.75, 3.05) is 25.0 Å². The first-order valence-corrected chi connectivity index (χ1v) is 10.6. The molecule has 0 bridgehead atoms. The number of rotatable bonds is 6. The van der Waals surface area contributed by atoms with E-state index in [1.165, 1.54) is 0 Å². The maximum atomic E-state index is 12.6. The quantitative estimate of drug-likeness (QED) is 0.762. The van der Waals surface area contributed by atoms with E-state index >= 15 is 0 Å². The summed E-state index contributed by atoms with van der Waals surface area (Å²) in [6.07, 6.45) is 2.61. The topological polar surface area (TPSA) is 61.4 Å². The fraction of sp³-hybridized carbons (Fsp3) is 0.391. The molecule has 2 aromatic rings. The van der Waals surface area contributed by atoms with Crippen LogP contribution in [0.2, 0.25) is 5.02 Å². The molecule has 2 amide bonds. The lowest BCUT2D eigenvalue weighted by Crippen LogP contribution is -2.47. The average molecular weight is 412 g/mol. The second kappa shape index (κ2) is 8.97. The van der Waals surface area contributed by atoms with Gasteiger partial charge in [-0.15, -0.1) is 0 Å². The Morgan fingerprint density at radius 1 is 1.00 bits per heavy atom. The number of amides is 2.